The van der Waals surface area contributed by atoms with E-state index >= 15 is 0 Å². The molecule has 1 aliphatic carbocycles. The van der Waals surface area contributed by atoms with E-state index in [1.165, 1.54) is 0 Å². The molecule has 2 aliphatic rings. The van der Waals surface area contributed by atoms with Crippen molar-refractivity contribution >= 4 is 5.91 Å². The first kappa shape index (κ1) is 17.6. The molecule has 0 spiro atoms. The minimum absolute atomic E-state index is 0.0763. The lowest BCUT2D eigenvalue weighted by atomic mass is 9.83. The van der Waals surface area contributed by atoms with Gasteiger partial charge in [-0.25, -0.2) is 4.79 Å². The monoisotopic (exact) mass is 369 g/mol. The van der Waals surface area contributed by atoms with Gasteiger partial charge in [0.15, 0.2) is 11.5 Å². The molecule has 6 heteroatoms. The summed E-state index contributed by atoms with van der Waals surface area (Å²) in [7, 11) is 0. The second-order valence-corrected chi connectivity index (χ2v) is 7.14. The van der Waals surface area contributed by atoms with Gasteiger partial charge in [0.2, 0.25) is 0 Å². The minimum Gasteiger partial charge on any atom is -0.490 e. The summed E-state index contributed by atoms with van der Waals surface area (Å²) >= 11 is 0. The van der Waals surface area contributed by atoms with Gasteiger partial charge in [0.05, 0.1) is 13.2 Å². The number of aryl methyl sites for hydroxylation is 1. The van der Waals surface area contributed by atoms with Crippen molar-refractivity contribution in [3.63, 3.8) is 0 Å². The topological polar surface area (TPSA) is 77.8 Å². The highest BCUT2D eigenvalue weighted by Gasteiger charge is 2.25. The third-order valence-corrected chi connectivity index (χ3v) is 5.17. The van der Waals surface area contributed by atoms with Crippen LogP contribution in [0, 0.1) is 6.92 Å². The van der Waals surface area contributed by atoms with Gasteiger partial charge >= 0.3 is 5.63 Å². The molecule has 1 fully saturated rings. The molecule has 2 aromatic rings. The number of nitrogens with one attached hydrogen (secondary N) is 1. The largest absolute Gasteiger partial charge is 0.490 e. The predicted octanol–water partition coefficient (Wildman–Crippen LogP) is 3.31. The van der Waals surface area contributed by atoms with E-state index in [1.54, 1.807) is 6.92 Å². The smallest absolute Gasteiger partial charge is 0.349 e. The Morgan fingerprint density at radius 1 is 1.11 bits per heavy atom. The number of ether oxygens (including phenoxy) is 2. The van der Waals surface area contributed by atoms with Gasteiger partial charge in [0.25, 0.3) is 5.91 Å². The number of amides is 1. The summed E-state index contributed by atoms with van der Waals surface area (Å²) in [5.74, 6) is 1.98. The lowest BCUT2D eigenvalue weighted by Crippen LogP contribution is -2.29. The lowest BCUT2D eigenvalue weighted by molar-refractivity contribution is 0.0945. The number of rotatable bonds is 4. The van der Waals surface area contributed by atoms with Crippen LogP contribution in [0.25, 0.3) is 0 Å². The van der Waals surface area contributed by atoms with Crippen LogP contribution in [-0.2, 0) is 6.54 Å². The quantitative estimate of drug-likeness (QED) is 0.895. The Bertz CT molecular complexity index is 913. The third kappa shape index (κ3) is 3.70. The van der Waals surface area contributed by atoms with Crippen LogP contribution in [0.1, 0.15) is 58.8 Å². The first-order valence-electron chi connectivity index (χ1n) is 9.43. The SMILES string of the molecule is Cc1cc(C2CCC2)oc(=O)c1C(=O)NCc1ccc2c(c1)OCCCO2. The van der Waals surface area contributed by atoms with Crippen molar-refractivity contribution in [1.29, 1.82) is 0 Å². The maximum absolute atomic E-state index is 12.5. The van der Waals surface area contributed by atoms with Crippen LogP contribution in [-0.4, -0.2) is 19.1 Å². The van der Waals surface area contributed by atoms with E-state index in [9.17, 15) is 9.59 Å². The summed E-state index contributed by atoms with van der Waals surface area (Å²) in [6.45, 7) is 3.31. The second kappa shape index (κ2) is 7.47. The average molecular weight is 369 g/mol. The van der Waals surface area contributed by atoms with E-state index in [1.807, 2.05) is 24.3 Å². The van der Waals surface area contributed by atoms with E-state index in [4.69, 9.17) is 13.9 Å². The maximum atomic E-state index is 12.5. The molecule has 1 aromatic heterocycles. The van der Waals surface area contributed by atoms with Crippen LogP contribution in [0.2, 0.25) is 0 Å². The normalized spacial score (nSPS) is 16.3. The van der Waals surface area contributed by atoms with Crippen molar-refractivity contribution in [2.75, 3.05) is 13.2 Å². The van der Waals surface area contributed by atoms with Crippen LogP contribution in [0.5, 0.6) is 11.5 Å². The minimum atomic E-state index is -0.562. The molecule has 1 amide bonds. The standard InChI is InChI=1S/C21H23NO5/c1-13-10-17(15-4-2-5-15)27-21(24)19(13)20(23)22-12-14-6-7-16-18(11-14)26-9-3-8-25-16/h6-7,10-11,15H,2-5,8-9,12H2,1H3,(H,22,23). The Morgan fingerprint density at radius 2 is 1.89 bits per heavy atom. The Labute approximate surface area is 157 Å². The van der Waals surface area contributed by atoms with Gasteiger partial charge in [0.1, 0.15) is 11.3 Å². The molecule has 1 aromatic carbocycles. The molecule has 27 heavy (non-hydrogen) atoms. The molecule has 1 N–H and O–H groups in total. The van der Waals surface area contributed by atoms with Gasteiger partial charge in [-0.1, -0.05) is 12.5 Å². The van der Waals surface area contributed by atoms with E-state index in [2.05, 4.69) is 5.32 Å². The van der Waals surface area contributed by atoms with Crippen molar-refractivity contribution in [1.82, 2.24) is 5.32 Å². The fraction of sp³-hybridized carbons (Fsp3) is 0.429. The average Bonchev–Trinajstić information content (AvgIpc) is 2.82. The van der Waals surface area contributed by atoms with E-state index in [0.717, 1.165) is 31.2 Å². The molecule has 0 radical (unpaired) electrons. The summed E-state index contributed by atoms with van der Waals surface area (Å²) in [6.07, 6.45) is 4.08. The van der Waals surface area contributed by atoms with Gasteiger partial charge < -0.3 is 19.2 Å². The number of hydrogen-bond acceptors (Lipinski definition) is 5. The van der Waals surface area contributed by atoms with Crippen molar-refractivity contribution < 1.29 is 18.7 Å². The Balaban J connectivity index is 1.46. The van der Waals surface area contributed by atoms with Crippen LogP contribution < -0.4 is 20.4 Å². The number of fused-ring (bicyclic) bond motifs is 1. The highest BCUT2D eigenvalue weighted by atomic mass is 16.5. The summed E-state index contributed by atoms with van der Waals surface area (Å²) in [5.41, 5.74) is 1.05. The first-order chi connectivity index (χ1) is 13.1. The number of carbonyl (C=O) groups is 1. The van der Waals surface area contributed by atoms with Gasteiger partial charge in [-0.2, -0.15) is 0 Å². The third-order valence-electron chi connectivity index (χ3n) is 5.17. The molecule has 1 aliphatic heterocycles. The van der Waals surface area contributed by atoms with Crippen LogP contribution in [0.4, 0.5) is 0 Å². The maximum Gasteiger partial charge on any atom is 0.349 e. The highest BCUT2D eigenvalue weighted by molar-refractivity contribution is 5.95. The van der Waals surface area contributed by atoms with Crippen LogP contribution in [0.15, 0.2) is 33.5 Å². The summed E-state index contributed by atoms with van der Waals surface area (Å²) < 4.78 is 16.7. The molecule has 0 bridgehead atoms. The van der Waals surface area contributed by atoms with Crippen molar-refractivity contribution in [2.24, 2.45) is 0 Å². The zero-order chi connectivity index (χ0) is 18.8. The molecule has 0 saturated heterocycles. The summed E-state index contributed by atoms with van der Waals surface area (Å²) in [5, 5.41) is 2.80. The molecular formula is C21H23NO5. The summed E-state index contributed by atoms with van der Waals surface area (Å²) in [4.78, 5) is 24.9. The molecule has 142 valence electrons. The Kier molecular flexibility index (Phi) is 4.88. The molecule has 2 heterocycles. The van der Waals surface area contributed by atoms with Gasteiger partial charge in [-0.05, 0) is 49.1 Å². The van der Waals surface area contributed by atoms with Crippen LogP contribution >= 0.6 is 0 Å². The molecule has 6 nitrogen and oxygen atoms in total. The predicted molar refractivity (Wildman–Crippen MR) is 99.5 cm³/mol. The number of benzene rings is 1. The zero-order valence-corrected chi connectivity index (χ0v) is 15.4. The summed E-state index contributed by atoms with van der Waals surface area (Å²) in [6, 6.07) is 7.40. The van der Waals surface area contributed by atoms with Gasteiger partial charge in [-0.3, -0.25) is 4.79 Å². The molecule has 1 saturated carbocycles. The Hall–Kier alpha value is -2.76. The number of hydrogen-bond donors (Lipinski definition) is 1. The zero-order valence-electron chi connectivity index (χ0n) is 15.4. The van der Waals surface area contributed by atoms with E-state index in [-0.39, 0.29) is 5.56 Å². The van der Waals surface area contributed by atoms with Crippen molar-refractivity contribution in [3.8, 4) is 11.5 Å². The lowest BCUT2D eigenvalue weighted by Gasteiger charge is -2.24. The van der Waals surface area contributed by atoms with E-state index < -0.39 is 11.5 Å². The molecule has 4 rings (SSSR count). The highest BCUT2D eigenvalue weighted by Crippen LogP contribution is 2.36. The van der Waals surface area contributed by atoms with Crippen molar-refractivity contribution in [2.45, 2.75) is 45.1 Å². The van der Waals surface area contributed by atoms with Gasteiger partial charge in [0, 0.05) is 18.9 Å². The Morgan fingerprint density at radius 3 is 2.59 bits per heavy atom. The first-order valence-corrected chi connectivity index (χ1v) is 9.43. The van der Waals surface area contributed by atoms with Gasteiger partial charge in [-0.15, -0.1) is 0 Å². The molecule has 0 atom stereocenters. The molecule has 0 unspecified atom stereocenters. The molecular weight excluding hydrogens is 346 g/mol. The fourth-order valence-corrected chi connectivity index (χ4v) is 3.39. The van der Waals surface area contributed by atoms with Crippen molar-refractivity contribution in [3.05, 3.63) is 57.1 Å². The fourth-order valence-electron chi connectivity index (χ4n) is 3.39. The van der Waals surface area contributed by atoms with E-state index in [0.29, 0.717) is 48.5 Å². The van der Waals surface area contributed by atoms with Crippen LogP contribution in [0.3, 0.4) is 0 Å². The number of carbonyl (C=O) groups excluding carboxylic acids is 1. The second-order valence-electron chi connectivity index (χ2n) is 7.14.